The molecule has 52 heavy (non-hydrogen) atoms. The third kappa shape index (κ3) is 25.9. The molecule has 304 valence electrons. The number of ether oxygens (including phenoxy) is 2. The number of carbonyl (C=O) groups excluding carboxylic acids is 2. The molecule has 0 aliphatic carbocycles. The fourth-order valence-corrected chi connectivity index (χ4v) is 6.87. The number of unbranched alkanes of at least 4 members (excludes halogenated alkanes) is 14. The number of imidazole rings is 1. The number of carbonyl (C=O) groups is 2. The summed E-state index contributed by atoms with van der Waals surface area (Å²) in [6, 6.07) is 0. The summed E-state index contributed by atoms with van der Waals surface area (Å²) in [7, 11) is 1.96. The van der Waals surface area contributed by atoms with Crippen molar-refractivity contribution in [2.45, 2.75) is 226 Å². The fraction of sp³-hybridized carbons (Fsp3) is 0.884. The zero-order valence-corrected chi connectivity index (χ0v) is 34.3. The van der Waals surface area contributed by atoms with E-state index in [0.717, 1.165) is 82.9 Å². The van der Waals surface area contributed by atoms with E-state index in [9.17, 15) is 19.8 Å². The molecule has 0 aliphatic rings. The van der Waals surface area contributed by atoms with Gasteiger partial charge < -0.3 is 24.3 Å². The van der Waals surface area contributed by atoms with Crippen LogP contribution in [0.2, 0.25) is 0 Å². The van der Waals surface area contributed by atoms with Crippen molar-refractivity contribution in [3.8, 4) is 0 Å². The maximum absolute atomic E-state index is 12.4. The minimum atomic E-state index is -0.528. The lowest BCUT2D eigenvalue weighted by atomic mass is 10.1. The molecular weight excluding hydrogens is 654 g/mol. The second-order valence-electron chi connectivity index (χ2n) is 15.3. The highest BCUT2D eigenvalue weighted by Gasteiger charge is 2.19. The minimum Gasteiger partial charge on any atom is -0.462 e. The lowest BCUT2D eigenvalue weighted by Crippen LogP contribution is -2.38. The Kier molecular flexibility index (Phi) is 30.0. The molecule has 1 rings (SSSR count). The first-order valence-electron chi connectivity index (χ1n) is 21.7. The molecular formula is C43H81N3O6. The Morgan fingerprint density at radius 2 is 1.04 bits per heavy atom. The quantitative estimate of drug-likeness (QED) is 0.0517. The van der Waals surface area contributed by atoms with E-state index in [4.69, 9.17) is 9.47 Å². The van der Waals surface area contributed by atoms with Crippen LogP contribution in [0.5, 0.6) is 0 Å². The molecule has 9 heteroatoms. The van der Waals surface area contributed by atoms with Gasteiger partial charge in [-0.25, -0.2) is 4.98 Å². The van der Waals surface area contributed by atoms with E-state index in [1.165, 1.54) is 64.2 Å². The number of hydrogen-bond acceptors (Lipinski definition) is 8. The van der Waals surface area contributed by atoms with Crippen molar-refractivity contribution >= 4 is 11.9 Å². The molecule has 9 nitrogen and oxygen atoms in total. The summed E-state index contributed by atoms with van der Waals surface area (Å²) in [5.74, 6) is 0.690. The normalized spacial score (nSPS) is 14.0. The molecule has 4 unspecified atom stereocenters. The van der Waals surface area contributed by atoms with Gasteiger partial charge in [0.1, 0.15) is 18.0 Å². The molecule has 4 atom stereocenters. The van der Waals surface area contributed by atoms with E-state index >= 15 is 0 Å². The van der Waals surface area contributed by atoms with Crippen LogP contribution >= 0.6 is 0 Å². The van der Waals surface area contributed by atoms with Crippen molar-refractivity contribution in [3.05, 3.63) is 18.2 Å². The van der Waals surface area contributed by atoms with Crippen LogP contribution in [0.1, 0.15) is 200 Å². The number of aliphatic hydroxyl groups is 2. The molecule has 0 spiro atoms. The summed E-state index contributed by atoms with van der Waals surface area (Å²) >= 11 is 0. The number of rotatable bonds is 36. The summed E-state index contributed by atoms with van der Waals surface area (Å²) in [4.78, 5) is 31.4. The standard InChI is InChI=1S/C43H81N3O6/c1-6-10-12-14-16-22-28-39(8-3)51-42(49)30-24-18-20-26-37(47)34-46(36-41-44-32-33-45(41)5)35-38(48)27-21-19-25-31-43(50)52-40(9-4)29-23-17-15-13-11-7-2/h32-33,37-40,47-48H,6-31,34-36H2,1-5H3. The lowest BCUT2D eigenvalue weighted by Gasteiger charge is -2.27. The predicted molar refractivity (Wildman–Crippen MR) is 213 cm³/mol. The molecule has 0 aliphatic heterocycles. The third-order valence-electron chi connectivity index (χ3n) is 10.3. The molecule has 2 N–H and O–H groups in total. The van der Waals surface area contributed by atoms with Crippen molar-refractivity contribution in [2.75, 3.05) is 13.1 Å². The highest BCUT2D eigenvalue weighted by Crippen LogP contribution is 2.17. The first-order chi connectivity index (χ1) is 25.2. The van der Waals surface area contributed by atoms with Gasteiger partial charge in [-0.15, -0.1) is 0 Å². The molecule has 0 aromatic carbocycles. The van der Waals surface area contributed by atoms with Crippen LogP contribution in [-0.4, -0.2) is 74.1 Å². The van der Waals surface area contributed by atoms with Gasteiger partial charge in [0.2, 0.25) is 0 Å². The molecule has 1 aromatic rings. The molecule has 0 saturated heterocycles. The van der Waals surface area contributed by atoms with Crippen molar-refractivity contribution < 1.29 is 29.3 Å². The van der Waals surface area contributed by atoms with Crippen molar-refractivity contribution in [3.63, 3.8) is 0 Å². The number of aliphatic hydroxyl groups excluding tert-OH is 2. The second kappa shape index (κ2) is 32.5. The molecule has 1 heterocycles. The predicted octanol–water partition coefficient (Wildman–Crippen LogP) is 9.99. The van der Waals surface area contributed by atoms with Gasteiger partial charge in [0, 0.05) is 45.4 Å². The minimum absolute atomic E-state index is 0.0300. The lowest BCUT2D eigenvalue weighted by molar-refractivity contribution is -0.150. The van der Waals surface area contributed by atoms with E-state index in [1.54, 1.807) is 6.20 Å². The zero-order chi connectivity index (χ0) is 38.2. The molecule has 1 aromatic heterocycles. The number of nitrogens with zero attached hydrogens (tertiary/aromatic N) is 3. The van der Waals surface area contributed by atoms with Crippen LogP contribution in [0.15, 0.2) is 12.4 Å². The maximum atomic E-state index is 12.4. The first kappa shape index (κ1) is 48.0. The second-order valence-corrected chi connectivity index (χ2v) is 15.3. The average Bonchev–Trinajstić information content (AvgIpc) is 3.53. The molecule has 0 saturated carbocycles. The van der Waals surface area contributed by atoms with Crippen LogP contribution in [0.3, 0.4) is 0 Å². The Labute approximate surface area is 319 Å². The number of aromatic nitrogens is 2. The van der Waals surface area contributed by atoms with Crippen LogP contribution in [0.25, 0.3) is 0 Å². The van der Waals surface area contributed by atoms with E-state index in [0.29, 0.717) is 45.3 Å². The van der Waals surface area contributed by atoms with Crippen molar-refractivity contribution in [1.29, 1.82) is 0 Å². The summed E-state index contributed by atoms with van der Waals surface area (Å²) < 4.78 is 13.5. The molecule has 0 bridgehead atoms. The third-order valence-corrected chi connectivity index (χ3v) is 10.3. The topological polar surface area (TPSA) is 114 Å². The Morgan fingerprint density at radius 1 is 0.635 bits per heavy atom. The number of hydrogen-bond donors (Lipinski definition) is 2. The van der Waals surface area contributed by atoms with Crippen LogP contribution in [-0.2, 0) is 32.7 Å². The van der Waals surface area contributed by atoms with E-state index in [1.807, 2.05) is 17.8 Å². The van der Waals surface area contributed by atoms with Crippen LogP contribution < -0.4 is 0 Å². The van der Waals surface area contributed by atoms with E-state index in [-0.39, 0.29) is 24.1 Å². The Balaban J connectivity index is 2.34. The Bertz CT molecular complexity index is 932. The van der Waals surface area contributed by atoms with Gasteiger partial charge in [0.25, 0.3) is 0 Å². The van der Waals surface area contributed by atoms with Crippen molar-refractivity contribution in [1.82, 2.24) is 14.5 Å². The summed E-state index contributed by atoms with van der Waals surface area (Å²) in [5, 5.41) is 21.8. The molecule has 0 amide bonds. The zero-order valence-electron chi connectivity index (χ0n) is 34.3. The first-order valence-corrected chi connectivity index (χ1v) is 21.7. The van der Waals surface area contributed by atoms with Gasteiger partial charge in [-0.1, -0.05) is 118 Å². The monoisotopic (exact) mass is 736 g/mol. The SMILES string of the molecule is CCCCCCCCC(CC)OC(=O)CCCCCC(O)CN(Cc1nccn1C)CC(O)CCCCCC(=O)OC(CC)CCCCCCCC. The Morgan fingerprint density at radius 3 is 1.44 bits per heavy atom. The molecule has 0 radical (unpaired) electrons. The van der Waals surface area contributed by atoms with Crippen molar-refractivity contribution in [2.24, 2.45) is 7.05 Å². The maximum Gasteiger partial charge on any atom is 0.306 e. The summed E-state index contributed by atoms with van der Waals surface area (Å²) in [6.45, 7) is 10.1. The molecule has 0 fully saturated rings. The summed E-state index contributed by atoms with van der Waals surface area (Å²) in [5.41, 5.74) is 0. The van der Waals surface area contributed by atoms with Crippen LogP contribution in [0, 0.1) is 0 Å². The van der Waals surface area contributed by atoms with E-state index in [2.05, 4.69) is 37.6 Å². The Hall–Kier alpha value is -1.97. The largest absolute Gasteiger partial charge is 0.462 e. The average molecular weight is 736 g/mol. The van der Waals surface area contributed by atoms with Gasteiger partial charge in [0.05, 0.1) is 18.8 Å². The fourth-order valence-electron chi connectivity index (χ4n) is 6.87. The number of aryl methyl sites for hydroxylation is 1. The van der Waals surface area contributed by atoms with Gasteiger partial charge in [-0.2, -0.15) is 0 Å². The van der Waals surface area contributed by atoms with Gasteiger partial charge >= 0.3 is 11.9 Å². The van der Waals surface area contributed by atoms with Gasteiger partial charge in [0.15, 0.2) is 0 Å². The summed E-state index contributed by atoms with van der Waals surface area (Å²) in [6.07, 6.45) is 28.4. The van der Waals surface area contributed by atoms with Gasteiger partial charge in [-0.3, -0.25) is 14.5 Å². The smallest absolute Gasteiger partial charge is 0.306 e. The van der Waals surface area contributed by atoms with E-state index < -0.39 is 12.2 Å². The van der Waals surface area contributed by atoms with Crippen LogP contribution in [0.4, 0.5) is 0 Å². The van der Waals surface area contributed by atoms with Gasteiger partial charge in [-0.05, 0) is 64.2 Å². The highest BCUT2D eigenvalue weighted by molar-refractivity contribution is 5.69. The highest BCUT2D eigenvalue weighted by atomic mass is 16.5. The number of esters is 2.